The summed E-state index contributed by atoms with van der Waals surface area (Å²) in [4.78, 5) is 23.1. The van der Waals surface area contributed by atoms with Crippen molar-refractivity contribution in [1.29, 1.82) is 0 Å². The molecule has 0 saturated heterocycles. The average molecular weight is 291 g/mol. The fourth-order valence-electron chi connectivity index (χ4n) is 2.20. The molecule has 5 nitrogen and oxygen atoms in total. The van der Waals surface area contributed by atoms with Crippen molar-refractivity contribution in [3.8, 4) is 5.75 Å². The number of carbonyl (C=O) groups excluding carboxylic acids is 2. The Balaban J connectivity index is 1.65. The van der Waals surface area contributed by atoms with Crippen LogP contribution in [0, 0.1) is 5.92 Å². The van der Waals surface area contributed by atoms with Crippen LogP contribution >= 0.6 is 0 Å². The van der Waals surface area contributed by atoms with E-state index in [1.165, 1.54) is 0 Å². The van der Waals surface area contributed by atoms with Crippen LogP contribution < -0.4 is 10.1 Å². The van der Waals surface area contributed by atoms with Gasteiger partial charge in [0.15, 0.2) is 6.61 Å². The van der Waals surface area contributed by atoms with E-state index in [-0.39, 0.29) is 24.4 Å². The Morgan fingerprint density at radius 3 is 2.71 bits per heavy atom. The molecule has 1 aromatic rings. The molecule has 0 aromatic heterocycles. The molecule has 1 amide bonds. The van der Waals surface area contributed by atoms with Crippen LogP contribution in [0.2, 0.25) is 0 Å². The molecule has 1 aliphatic rings. The van der Waals surface area contributed by atoms with Gasteiger partial charge in [-0.2, -0.15) is 0 Å². The molecule has 0 bridgehead atoms. The van der Waals surface area contributed by atoms with Gasteiger partial charge in [-0.3, -0.25) is 9.59 Å². The van der Waals surface area contributed by atoms with Gasteiger partial charge in [0.25, 0.3) is 5.91 Å². The van der Waals surface area contributed by atoms with Gasteiger partial charge in [-0.05, 0) is 30.9 Å². The van der Waals surface area contributed by atoms with Crippen LogP contribution in [0.5, 0.6) is 5.75 Å². The Morgan fingerprint density at radius 1 is 1.29 bits per heavy atom. The normalized spacial score (nSPS) is 14.1. The maximum absolute atomic E-state index is 11.6. The SMILES string of the molecule is COc1ccccc1CCNC(=O)COC(=O)C1CCC1. The first-order chi connectivity index (χ1) is 10.2. The van der Waals surface area contributed by atoms with Crippen molar-refractivity contribution in [3.63, 3.8) is 0 Å². The molecule has 0 aliphatic heterocycles. The number of esters is 1. The lowest BCUT2D eigenvalue weighted by Gasteiger charge is -2.22. The molecule has 21 heavy (non-hydrogen) atoms. The van der Waals surface area contributed by atoms with Crippen LogP contribution in [0.4, 0.5) is 0 Å². The Morgan fingerprint density at radius 2 is 2.05 bits per heavy atom. The van der Waals surface area contributed by atoms with Crippen molar-refractivity contribution < 1.29 is 19.1 Å². The van der Waals surface area contributed by atoms with Gasteiger partial charge in [0.2, 0.25) is 0 Å². The fraction of sp³-hybridized carbons (Fsp3) is 0.500. The summed E-state index contributed by atoms with van der Waals surface area (Å²) in [6, 6.07) is 7.68. The molecule has 0 spiro atoms. The second-order valence-corrected chi connectivity index (χ2v) is 5.15. The zero-order valence-corrected chi connectivity index (χ0v) is 12.3. The third kappa shape index (κ3) is 4.48. The molecular formula is C16H21NO4. The summed E-state index contributed by atoms with van der Waals surface area (Å²) in [6.07, 6.45) is 3.51. The maximum atomic E-state index is 11.6. The number of ether oxygens (including phenoxy) is 2. The van der Waals surface area contributed by atoms with Crippen molar-refractivity contribution in [1.82, 2.24) is 5.32 Å². The number of benzene rings is 1. The number of hydrogen-bond donors (Lipinski definition) is 1. The summed E-state index contributed by atoms with van der Waals surface area (Å²) in [7, 11) is 1.62. The van der Waals surface area contributed by atoms with Crippen LogP contribution in [0.25, 0.3) is 0 Å². The van der Waals surface area contributed by atoms with E-state index in [9.17, 15) is 9.59 Å². The second kappa shape index (κ2) is 7.67. The van der Waals surface area contributed by atoms with Crippen LogP contribution in [-0.4, -0.2) is 32.1 Å². The lowest BCUT2D eigenvalue weighted by atomic mass is 9.86. The van der Waals surface area contributed by atoms with Crippen LogP contribution in [0.15, 0.2) is 24.3 Å². The van der Waals surface area contributed by atoms with Crippen molar-refractivity contribution >= 4 is 11.9 Å². The smallest absolute Gasteiger partial charge is 0.309 e. The molecule has 1 aliphatic carbocycles. The number of amides is 1. The molecule has 0 unspecified atom stereocenters. The quantitative estimate of drug-likeness (QED) is 0.777. The Bertz CT molecular complexity index is 497. The highest BCUT2D eigenvalue weighted by Crippen LogP contribution is 2.27. The first-order valence-corrected chi connectivity index (χ1v) is 7.26. The molecule has 0 atom stereocenters. The number of para-hydroxylation sites is 1. The highest BCUT2D eigenvalue weighted by atomic mass is 16.5. The summed E-state index contributed by atoms with van der Waals surface area (Å²) in [5.41, 5.74) is 1.03. The third-order valence-corrected chi connectivity index (χ3v) is 3.69. The number of rotatable bonds is 7. The number of nitrogens with one attached hydrogen (secondary N) is 1. The van der Waals surface area contributed by atoms with Gasteiger partial charge in [0, 0.05) is 6.54 Å². The first-order valence-electron chi connectivity index (χ1n) is 7.26. The van der Waals surface area contributed by atoms with Gasteiger partial charge in [0.05, 0.1) is 13.0 Å². The second-order valence-electron chi connectivity index (χ2n) is 5.15. The lowest BCUT2D eigenvalue weighted by Crippen LogP contribution is -2.33. The molecule has 0 radical (unpaired) electrons. The van der Waals surface area contributed by atoms with E-state index in [0.717, 1.165) is 30.6 Å². The monoisotopic (exact) mass is 291 g/mol. The summed E-state index contributed by atoms with van der Waals surface area (Å²) in [5, 5.41) is 2.74. The van der Waals surface area contributed by atoms with Gasteiger partial charge in [-0.1, -0.05) is 24.6 Å². The summed E-state index contributed by atoms with van der Waals surface area (Å²) < 4.78 is 10.2. The van der Waals surface area contributed by atoms with Crippen LogP contribution in [0.3, 0.4) is 0 Å². The predicted octanol–water partition coefficient (Wildman–Crippen LogP) is 1.70. The molecule has 114 valence electrons. The summed E-state index contributed by atoms with van der Waals surface area (Å²) >= 11 is 0. The fourth-order valence-corrected chi connectivity index (χ4v) is 2.20. The Labute approximate surface area is 124 Å². The van der Waals surface area contributed by atoms with Gasteiger partial charge in [0.1, 0.15) is 5.75 Å². The van der Waals surface area contributed by atoms with E-state index in [4.69, 9.17) is 9.47 Å². The standard InChI is InChI=1S/C16H21NO4/c1-20-14-8-3-2-5-12(14)9-10-17-15(18)11-21-16(19)13-6-4-7-13/h2-3,5,8,13H,4,6-7,9-11H2,1H3,(H,17,18). The third-order valence-electron chi connectivity index (χ3n) is 3.69. The predicted molar refractivity (Wildman–Crippen MR) is 78.0 cm³/mol. The van der Waals surface area contributed by atoms with Gasteiger partial charge in [-0.25, -0.2) is 0 Å². The highest BCUT2D eigenvalue weighted by molar-refractivity contribution is 5.81. The molecule has 2 rings (SSSR count). The van der Waals surface area contributed by atoms with Gasteiger partial charge < -0.3 is 14.8 Å². The molecule has 1 aromatic carbocycles. The van der Waals surface area contributed by atoms with E-state index < -0.39 is 0 Å². The highest BCUT2D eigenvalue weighted by Gasteiger charge is 2.26. The van der Waals surface area contributed by atoms with Gasteiger partial charge >= 0.3 is 5.97 Å². The minimum Gasteiger partial charge on any atom is -0.496 e. The van der Waals surface area contributed by atoms with E-state index >= 15 is 0 Å². The topological polar surface area (TPSA) is 64.6 Å². The van der Waals surface area contributed by atoms with E-state index in [1.807, 2.05) is 24.3 Å². The zero-order chi connectivity index (χ0) is 15.1. The van der Waals surface area contributed by atoms with Crippen molar-refractivity contribution in [2.24, 2.45) is 5.92 Å². The minimum absolute atomic E-state index is 0.00591. The molecular weight excluding hydrogens is 270 g/mol. The van der Waals surface area contributed by atoms with Crippen LogP contribution in [-0.2, 0) is 20.7 Å². The van der Waals surface area contributed by atoms with Crippen molar-refractivity contribution in [2.45, 2.75) is 25.7 Å². The first kappa shape index (κ1) is 15.4. The molecule has 1 saturated carbocycles. The molecule has 1 N–H and O–H groups in total. The minimum atomic E-state index is -0.266. The lowest BCUT2D eigenvalue weighted by molar-refractivity contribution is -0.155. The van der Waals surface area contributed by atoms with E-state index in [1.54, 1.807) is 7.11 Å². The van der Waals surface area contributed by atoms with Crippen molar-refractivity contribution in [3.05, 3.63) is 29.8 Å². The Hall–Kier alpha value is -2.04. The van der Waals surface area contributed by atoms with E-state index in [0.29, 0.717) is 13.0 Å². The molecule has 5 heteroatoms. The average Bonchev–Trinajstić information content (AvgIpc) is 2.44. The maximum Gasteiger partial charge on any atom is 0.309 e. The van der Waals surface area contributed by atoms with Crippen LogP contribution in [0.1, 0.15) is 24.8 Å². The largest absolute Gasteiger partial charge is 0.496 e. The summed E-state index contributed by atoms with van der Waals surface area (Å²) in [6.45, 7) is 0.293. The number of methoxy groups -OCH3 is 1. The number of hydrogen-bond acceptors (Lipinski definition) is 4. The van der Waals surface area contributed by atoms with Gasteiger partial charge in [-0.15, -0.1) is 0 Å². The number of carbonyl (C=O) groups is 2. The summed E-state index contributed by atoms with van der Waals surface area (Å²) in [5.74, 6) is 0.299. The molecule has 1 fully saturated rings. The van der Waals surface area contributed by atoms with Crippen molar-refractivity contribution in [2.75, 3.05) is 20.3 Å². The zero-order valence-electron chi connectivity index (χ0n) is 12.3. The van der Waals surface area contributed by atoms with E-state index in [2.05, 4.69) is 5.32 Å². The molecule has 0 heterocycles. The Kier molecular flexibility index (Phi) is 5.60.